The number of carbonyl (C=O) groups is 2. The fourth-order valence-corrected chi connectivity index (χ4v) is 1.65. The van der Waals surface area contributed by atoms with Gasteiger partial charge in [-0.15, -0.1) is 0 Å². The van der Waals surface area contributed by atoms with Crippen LogP contribution in [0.15, 0.2) is 18.2 Å². The summed E-state index contributed by atoms with van der Waals surface area (Å²) in [5.74, 6) is -0.381. The molecule has 2 amide bonds. The Hall–Kier alpha value is -1.55. The van der Waals surface area contributed by atoms with E-state index in [1.165, 1.54) is 12.1 Å². The first kappa shape index (κ1) is 13.5. The largest absolute Gasteiger partial charge is 0.366 e. The van der Waals surface area contributed by atoms with Crippen LogP contribution in [0.2, 0.25) is 5.02 Å². The molecule has 0 spiro atoms. The molecule has 0 aliphatic carbocycles. The lowest BCUT2D eigenvalue weighted by atomic mass is 10.1. The van der Waals surface area contributed by atoms with E-state index in [2.05, 4.69) is 5.32 Å². The third kappa shape index (κ3) is 4.07. The van der Waals surface area contributed by atoms with Crippen LogP contribution in [0, 0.1) is 5.92 Å². The second-order valence-corrected chi connectivity index (χ2v) is 4.61. The monoisotopic (exact) mass is 254 g/mol. The zero-order valence-electron chi connectivity index (χ0n) is 9.79. The number of nitrogens with two attached hydrogens (primary N) is 1. The first-order valence-electron chi connectivity index (χ1n) is 5.29. The van der Waals surface area contributed by atoms with Crippen molar-refractivity contribution in [2.75, 3.05) is 5.32 Å². The van der Waals surface area contributed by atoms with Crippen molar-refractivity contribution >= 4 is 29.1 Å². The lowest BCUT2D eigenvalue weighted by Gasteiger charge is -2.08. The number of rotatable bonds is 4. The van der Waals surface area contributed by atoms with Gasteiger partial charge in [0.15, 0.2) is 0 Å². The molecule has 0 saturated carbocycles. The molecule has 0 heterocycles. The van der Waals surface area contributed by atoms with Crippen molar-refractivity contribution in [2.45, 2.75) is 20.3 Å². The second kappa shape index (κ2) is 5.68. The second-order valence-electron chi connectivity index (χ2n) is 4.21. The Kier molecular flexibility index (Phi) is 4.52. The number of hydrogen-bond acceptors (Lipinski definition) is 2. The molecule has 0 unspecified atom stereocenters. The first-order valence-corrected chi connectivity index (χ1v) is 5.67. The summed E-state index contributed by atoms with van der Waals surface area (Å²) in [6.07, 6.45) is 0.440. The number of amides is 2. The summed E-state index contributed by atoms with van der Waals surface area (Å²) >= 11 is 5.86. The number of benzene rings is 1. The van der Waals surface area contributed by atoms with Crippen LogP contribution in [0.25, 0.3) is 0 Å². The van der Waals surface area contributed by atoms with Crippen LogP contribution in [-0.4, -0.2) is 11.8 Å². The van der Waals surface area contributed by atoms with Crippen LogP contribution in [0.4, 0.5) is 5.69 Å². The highest BCUT2D eigenvalue weighted by molar-refractivity contribution is 6.34. The van der Waals surface area contributed by atoms with E-state index in [1.54, 1.807) is 6.07 Å². The lowest BCUT2D eigenvalue weighted by molar-refractivity contribution is -0.116. The predicted octanol–water partition coefficient (Wildman–Crippen LogP) is 2.42. The van der Waals surface area contributed by atoms with E-state index in [9.17, 15) is 9.59 Å². The molecule has 17 heavy (non-hydrogen) atoms. The summed E-state index contributed by atoms with van der Waals surface area (Å²) < 4.78 is 0. The molecule has 5 heteroatoms. The van der Waals surface area contributed by atoms with Gasteiger partial charge in [0.1, 0.15) is 0 Å². The van der Waals surface area contributed by atoms with Gasteiger partial charge in [0.25, 0.3) is 0 Å². The molecule has 0 radical (unpaired) electrons. The summed E-state index contributed by atoms with van der Waals surface area (Å²) in [4.78, 5) is 22.5. The molecule has 1 aromatic carbocycles. The SMILES string of the molecule is CC(C)CC(=O)Nc1ccc(C(N)=O)c(Cl)c1. The standard InChI is InChI=1S/C12H15ClN2O2/c1-7(2)5-11(16)15-8-3-4-9(12(14)17)10(13)6-8/h3-4,6-7H,5H2,1-2H3,(H2,14,17)(H,15,16). The number of halogens is 1. The Morgan fingerprint density at radius 3 is 2.53 bits per heavy atom. The Morgan fingerprint density at radius 2 is 2.06 bits per heavy atom. The minimum Gasteiger partial charge on any atom is -0.366 e. The predicted molar refractivity (Wildman–Crippen MR) is 68.1 cm³/mol. The molecule has 0 aliphatic rings. The normalized spacial score (nSPS) is 10.4. The van der Waals surface area contributed by atoms with Crippen molar-refractivity contribution in [1.29, 1.82) is 0 Å². The van der Waals surface area contributed by atoms with Gasteiger partial charge in [-0.2, -0.15) is 0 Å². The molecule has 0 bridgehead atoms. The smallest absolute Gasteiger partial charge is 0.250 e. The fraction of sp³-hybridized carbons (Fsp3) is 0.333. The molecule has 1 rings (SSSR count). The molecule has 0 aromatic heterocycles. The summed E-state index contributed by atoms with van der Waals surface area (Å²) in [5, 5.41) is 2.94. The van der Waals surface area contributed by atoms with E-state index in [1.807, 2.05) is 13.8 Å². The van der Waals surface area contributed by atoms with Crippen LogP contribution in [-0.2, 0) is 4.79 Å². The van der Waals surface area contributed by atoms with Crippen molar-refractivity contribution in [1.82, 2.24) is 0 Å². The van der Waals surface area contributed by atoms with Crippen LogP contribution >= 0.6 is 11.6 Å². The van der Waals surface area contributed by atoms with Crippen LogP contribution in [0.1, 0.15) is 30.6 Å². The van der Waals surface area contributed by atoms with E-state index in [0.29, 0.717) is 12.1 Å². The average molecular weight is 255 g/mol. The molecule has 0 atom stereocenters. The highest BCUT2D eigenvalue weighted by Gasteiger charge is 2.09. The molecular formula is C12H15ClN2O2. The van der Waals surface area contributed by atoms with E-state index in [4.69, 9.17) is 17.3 Å². The molecule has 1 aromatic rings. The Labute approximate surface area is 105 Å². The van der Waals surface area contributed by atoms with E-state index in [0.717, 1.165) is 0 Å². The Morgan fingerprint density at radius 1 is 1.41 bits per heavy atom. The molecule has 3 N–H and O–H groups in total. The zero-order valence-corrected chi connectivity index (χ0v) is 10.5. The maximum Gasteiger partial charge on any atom is 0.250 e. The molecule has 4 nitrogen and oxygen atoms in total. The maximum atomic E-state index is 11.5. The highest BCUT2D eigenvalue weighted by Crippen LogP contribution is 2.20. The van der Waals surface area contributed by atoms with Crippen LogP contribution in [0.3, 0.4) is 0 Å². The van der Waals surface area contributed by atoms with Gasteiger partial charge in [0.05, 0.1) is 10.6 Å². The molecule has 92 valence electrons. The topological polar surface area (TPSA) is 72.2 Å². The molecular weight excluding hydrogens is 240 g/mol. The lowest BCUT2D eigenvalue weighted by Crippen LogP contribution is -2.15. The van der Waals surface area contributed by atoms with Crippen LogP contribution < -0.4 is 11.1 Å². The minimum absolute atomic E-state index is 0.0807. The van der Waals surface area contributed by atoms with Gasteiger partial charge < -0.3 is 11.1 Å². The Bertz CT molecular complexity index is 444. The summed E-state index contributed by atoms with van der Waals surface area (Å²) in [5.41, 5.74) is 5.93. The molecule has 0 fully saturated rings. The number of hydrogen-bond donors (Lipinski definition) is 2. The third-order valence-electron chi connectivity index (χ3n) is 2.11. The Balaban J connectivity index is 2.77. The number of primary amides is 1. The van der Waals surface area contributed by atoms with Crippen molar-refractivity contribution in [3.05, 3.63) is 28.8 Å². The summed E-state index contributed by atoms with van der Waals surface area (Å²) in [6.45, 7) is 3.92. The van der Waals surface area contributed by atoms with Gasteiger partial charge in [-0.1, -0.05) is 25.4 Å². The van der Waals surface area contributed by atoms with Crippen molar-refractivity contribution in [3.8, 4) is 0 Å². The third-order valence-corrected chi connectivity index (χ3v) is 2.42. The number of carbonyl (C=O) groups excluding carboxylic acids is 2. The van der Waals surface area contributed by atoms with Gasteiger partial charge in [0, 0.05) is 12.1 Å². The van der Waals surface area contributed by atoms with E-state index >= 15 is 0 Å². The minimum atomic E-state index is -0.588. The van der Waals surface area contributed by atoms with Gasteiger partial charge in [0.2, 0.25) is 11.8 Å². The molecule has 0 aliphatic heterocycles. The van der Waals surface area contributed by atoms with Gasteiger partial charge in [-0.3, -0.25) is 9.59 Å². The first-order chi connectivity index (χ1) is 7.90. The zero-order chi connectivity index (χ0) is 13.0. The fourth-order valence-electron chi connectivity index (χ4n) is 1.38. The van der Waals surface area contributed by atoms with E-state index in [-0.39, 0.29) is 22.4 Å². The van der Waals surface area contributed by atoms with E-state index < -0.39 is 5.91 Å². The summed E-state index contributed by atoms with van der Waals surface area (Å²) in [6, 6.07) is 4.61. The van der Waals surface area contributed by atoms with Crippen molar-refractivity contribution < 1.29 is 9.59 Å². The van der Waals surface area contributed by atoms with Gasteiger partial charge in [-0.05, 0) is 24.1 Å². The number of nitrogens with one attached hydrogen (secondary N) is 1. The van der Waals surface area contributed by atoms with Gasteiger partial charge in [-0.25, -0.2) is 0 Å². The quantitative estimate of drug-likeness (QED) is 0.866. The van der Waals surface area contributed by atoms with Gasteiger partial charge >= 0.3 is 0 Å². The van der Waals surface area contributed by atoms with Crippen molar-refractivity contribution in [3.63, 3.8) is 0 Å². The summed E-state index contributed by atoms with van der Waals surface area (Å²) in [7, 11) is 0. The van der Waals surface area contributed by atoms with Crippen LogP contribution in [0.5, 0.6) is 0 Å². The number of anilines is 1. The maximum absolute atomic E-state index is 11.5. The van der Waals surface area contributed by atoms with Crippen molar-refractivity contribution in [2.24, 2.45) is 11.7 Å². The average Bonchev–Trinajstić information content (AvgIpc) is 2.15. The highest BCUT2D eigenvalue weighted by atomic mass is 35.5. The molecule has 0 saturated heterocycles.